The van der Waals surface area contributed by atoms with Crippen molar-refractivity contribution in [1.82, 2.24) is 0 Å². The molecule has 0 bridgehead atoms. The zero-order valence-electron chi connectivity index (χ0n) is 10.3. The number of methoxy groups -OCH3 is 1. The first-order chi connectivity index (χ1) is 7.84. The first-order valence-corrected chi connectivity index (χ1v) is 5.89. The van der Waals surface area contributed by atoms with Gasteiger partial charge in [-0.2, -0.15) is 0 Å². The molecule has 1 aromatic rings. The largest absolute Gasteiger partial charge is 0.393 e. The van der Waals surface area contributed by atoms with E-state index in [1.54, 1.807) is 13.2 Å². The molecule has 0 aliphatic carbocycles. The smallest absolute Gasteiger partial charge is 0.124 e. The molecular formula is C13H18ClFO2. The second kappa shape index (κ2) is 5.80. The molecule has 1 rings (SSSR count). The van der Waals surface area contributed by atoms with Crippen molar-refractivity contribution >= 4 is 11.6 Å². The molecule has 0 spiro atoms. The highest BCUT2D eigenvalue weighted by Gasteiger charge is 2.22. The fourth-order valence-electron chi connectivity index (χ4n) is 1.66. The second-order valence-electron chi connectivity index (χ2n) is 4.76. The summed E-state index contributed by atoms with van der Waals surface area (Å²) in [6.45, 7) is 3.81. The van der Waals surface area contributed by atoms with Crippen molar-refractivity contribution in [2.75, 3.05) is 7.11 Å². The van der Waals surface area contributed by atoms with Crippen LogP contribution in [0.3, 0.4) is 0 Å². The number of rotatable bonds is 5. The third-order valence-corrected chi connectivity index (χ3v) is 3.10. The number of halogens is 2. The highest BCUT2D eigenvalue weighted by molar-refractivity contribution is 6.31. The summed E-state index contributed by atoms with van der Waals surface area (Å²) in [5, 5.41) is 10.3. The van der Waals surface area contributed by atoms with E-state index in [0.29, 0.717) is 17.9 Å². The lowest BCUT2D eigenvalue weighted by atomic mass is 9.96. The first-order valence-electron chi connectivity index (χ1n) is 5.51. The second-order valence-corrected chi connectivity index (χ2v) is 5.17. The summed E-state index contributed by atoms with van der Waals surface area (Å²) < 4.78 is 18.1. The van der Waals surface area contributed by atoms with Gasteiger partial charge >= 0.3 is 0 Å². The van der Waals surface area contributed by atoms with Crippen molar-refractivity contribution in [3.8, 4) is 0 Å². The SMILES string of the molecule is COC(C)(C)CC(O)Cc1ccc(F)cc1Cl. The predicted octanol–water partition coefficient (Wildman–Crippen LogP) is 3.20. The zero-order valence-corrected chi connectivity index (χ0v) is 11.1. The zero-order chi connectivity index (χ0) is 13.1. The average molecular weight is 261 g/mol. The van der Waals surface area contributed by atoms with E-state index in [2.05, 4.69) is 0 Å². The summed E-state index contributed by atoms with van der Waals surface area (Å²) in [6.07, 6.45) is 0.330. The van der Waals surface area contributed by atoms with E-state index in [-0.39, 0.29) is 11.4 Å². The Kier molecular flexibility index (Phi) is 4.92. The Morgan fingerprint density at radius 2 is 2.12 bits per heavy atom. The van der Waals surface area contributed by atoms with E-state index >= 15 is 0 Å². The van der Waals surface area contributed by atoms with Gasteiger partial charge in [0.25, 0.3) is 0 Å². The first kappa shape index (κ1) is 14.4. The van der Waals surface area contributed by atoms with Crippen LogP contribution in [0.2, 0.25) is 5.02 Å². The highest BCUT2D eigenvalue weighted by atomic mass is 35.5. The number of hydrogen-bond donors (Lipinski definition) is 1. The van der Waals surface area contributed by atoms with Crippen LogP contribution in [0.15, 0.2) is 18.2 Å². The Morgan fingerprint density at radius 1 is 1.47 bits per heavy atom. The monoisotopic (exact) mass is 260 g/mol. The Bertz CT molecular complexity index is 380. The predicted molar refractivity (Wildman–Crippen MR) is 66.8 cm³/mol. The van der Waals surface area contributed by atoms with E-state index in [1.807, 2.05) is 13.8 Å². The van der Waals surface area contributed by atoms with Gasteiger partial charge in [0.1, 0.15) is 5.82 Å². The molecule has 2 nitrogen and oxygen atoms in total. The van der Waals surface area contributed by atoms with Gasteiger partial charge in [0.2, 0.25) is 0 Å². The summed E-state index contributed by atoms with van der Waals surface area (Å²) in [4.78, 5) is 0. The molecule has 0 aromatic heterocycles. The number of aliphatic hydroxyl groups excluding tert-OH is 1. The Balaban J connectivity index is 2.65. The molecular weight excluding hydrogens is 243 g/mol. The van der Waals surface area contributed by atoms with E-state index in [4.69, 9.17) is 16.3 Å². The maximum atomic E-state index is 12.8. The van der Waals surface area contributed by atoms with Gasteiger partial charge in [0.05, 0.1) is 11.7 Å². The van der Waals surface area contributed by atoms with Gasteiger partial charge in [0.15, 0.2) is 0 Å². The average Bonchev–Trinajstić information content (AvgIpc) is 2.21. The van der Waals surface area contributed by atoms with Gasteiger partial charge in [-0.3, -0.25) is 0 Å². The van der Waals surface area contributed by atoms with Crippen molar-refractivity contribution in [3.05, 3.63) is 34.6 Å². The molecule has 1 atom stereocenters. The molecule has 0 saturated heterocycles. The van der Waals surface area contributed by atoms with Crippen LogP contribution < -0.4 is 0 Å². The maximum absolute atomic E-state index is 12.8. The number of benzene rings is 1. The normalized spacial score (nSPS) is 13.8. The van der Waals surface area contributed by atoms with Crippen LogP contribution in [-0.4, -0.2) is 23.9 Å². The summed E-state index contributed by atoms with van der Waals surface area (Å²) in [5.41, 5.74) is 0.360. The standard InChI is InChI=1S/C13H18ClFO2/c1-13(2,17-3)8-11(16)6-9-4-5-10(15)7-12(9)14/h4-5,7,11,16H,6,8H2,1-3H3. The molecule has 17 heavy (non-hydrogen) atoms. The topological polar surface area (TPSA) is 29.5 Å². The lowest BCUT2D eigenvalue weighted by Gasteiger charge is -2.26. The van der Waals surface area contributed by atoms with Crippen LogP contribution >= 0.6 is 11.6 Å². The van der Waals surface area contributed by atoms with Crippen LogP contribution in [0, 0.1) is 5.82 Å². The minimum Gasteiger partial charge on any atom is -0.393 e. The van der Waals surface area contributed by atoms with E-state index in [0.717, 1.165) is 5.56 Å². The van der Waals surface area contributed by atoms with Crippen LogP contribution in [0.5, 0.6) is 0 Å². The minimum atomic E-state index is -0.562. The molecule has 0 amide bonds. The molecule has 0 saturated carbocycles. The summed E-state index contributed by atoms with van der Waals surface area (Å²) in [7, 11) is 1.61. The molecule has 0 aliphatic heterocycles. The molecule has 96 valence electrons. The van der Waals surface area contributed by atoms with E-state index < -0.39 is 6.10 Å². The van der Waals surface area contributed by atoms with Crippen LogP contribution in [-0.2, 0) is 11.2 Å². The molecule has 1 aromatic carbocycles. The molecule has 0 aliphatic rings. The molecule has 0 radical (unpaired) electrons. The number of aliphatic hydroxyl groups is 1. The van der Waals surface area contributed by atoms with Gasteiger partial charge in [-0.05, 0) is 38.0 Å². The Labute approximate surface area is 106 Å². The van der Waals surface area contributed by atoms with Crippen LogP contribution in [0.25, 0.3) is 0 Å². The summed E-state index contributed by atoms with van der Waals surface area (Å²) in [6, 6.07) is 4.20. The number of ether oxygens (including phenoxy) is 1. The third-order valence-electron chi connectivity index (χ3n) is 2.75. The summed E-state index contributed by atoms with van der Waals surface area (Å²) in [5.74, 6) is -0.370. The third kappa shape index (κ3) is 4.62. The molecule has 0 fully saturated rings. The number of hydrogen-bond acceptors (Lipinski definition) is 2. The lowest BCUT2D eigenvalue weighted by Crippen LogP contribution is -2.29. The van der Waals surface area contributed by atoms with Gasteiger partial charge in [-0.25, -0.2) is 4.39 Å². The van der Waals surface area contributed by atoms with Crippen LogP contribution in [0.4, 0.5) is 4.39 Å². The van der Waals surface area contributed by atoms with E-state index in [9.17, 15) is 9.50 Å². The molecule has 1 N–H and O–H groups in total. The van der Waals surface area contributed by atoms with Crippen molar-refractivity contribution in [3.63, 3.8) is 0 Å². The van der Waals surface area contributed by atoms with Gasteiger partial charge < -0.3 is 9.84 Å². The molecule has 0 heterocycles. The molecule has 4 heteroatoms. The highest BCUT2D eigenvalue weighted by Crippen LogP contribution is 2.22. The minimum absolute atomic E-state index is 0.347. The fourth-order valence-corrected chi connectivity index (χ4v) is 1.91. The van der Waals surface area contributed by atoms with E-state index in [1.165, 1.54) is 12.1 Å². The quantitative estimate of drug-likeness (QED) is 0.881. The summed E-state index contributed by atoms with van der Waals surface area (Å²) >= 11 is 5.90. The maximum Gasteiger partial charge on any atom is 0.124 e. The van der Waals surface area contributed by atoms with Gasteiger partial charge in [-0.1, -0.05) is 17.7 Å². The van der Waals surface area contributed by atoms with Crippen LogP contribution in [0.1, 0.15) is 25.8 Å². The van der Waals surface area contributed by atoms with Crippen molar-refractivity contribution < 1.29 is 14.2 Å². The van der Waals surface area contributed by atoms with Crippen molar-refractivity contribution in [1.29, 1.82) is 0 Å². The fraction of sp³-hybridized carbons (Fsp3) is 0.538. The van der Waals surface area contributed by atoms with Crippen molar-refractivity contribution in [2.24, 2.45) is 0 Å². The van der Waals surface area contributed by atoms with Crippen molar-refractivity contribution in [2.45, 2.75) is 38.4 Å². The van der Waals surface area contributed by atoms with Gasteiger partial charge in [-0.15, -0.1) is 0 Å². The van der Waals surface area contributed by atoms with Gasteiger partial charge in [0, 0.05) is 18.6 Å². The Morgan fingerprint density at radius 3 is 2.65 bits per heavy atom. The Hall–Kier alpha value is -0.640. The molecule has 1 unspecified atom stereocenters. The lowest BCUT2D eigenvalue weighted by molar-refractivity contribution is -0.0190.